The average molecular weight is 368 g/mol. The largest absolute Gasteiger partial charge is 0.465 e. The van der Waals surface area contributed by atoms with Gasteiger partial charge in [-0.25, -0.2) is 4.79 Å². The fraction of sp³-hybridized carbons (Fsp3) is 0.632. The number of hydrogen-bond acceptors (Lipinski definition) is 2. The second-order valence-corrected chi connectivity index (χ2v) is 7.80. The predicted octanol–water partition coefficient (Wildman–Crippen LogP) is 3.71. The predicted molar refractivity (Wildman–Crippen MR) is 90.1 cm³/mol. The molecule has 142 valence electrons. The van der Waals surface area contributed by atoms with Gasteiger partial charge in [-0.3, -0.25) is 0 Å². The molecule has 3 aliphatic rings. The molecule has 3 fully saturated rings. The van der Waals surface area contributed by atoms with Crippen LogP contribution in [0.15, 0.2) is 18.2 Å². The summed E-state index contributed by atoms with van der Waals surface area (Å²) in [4.78, 5) is 13.2. The zero-order valence-electron chi connectivity index (χ0n) is 14.4. The first-order valence-corrected chi connectivity index (χ1v) is 9.25. The highest BCUT2D eigenvalue weighted by Crippen LogP contribution is 2.45. The minimum atomic E-state index is -4.35. The first kappa shape index (κ1) is 17.6. The second kappa shape index (κ2) is 6.44. The molecule has 1 amide bonds. The molecule has 2 aliphatic heterocycles. The standard InChI is InChI=1S/C19H23F3N2O2/c20-19(21,22)14-4-3-12(15(8-14)11-1-2-11)7-17-16-10-23-9-13(16)5-6-24(17)18(25)26/h3-4,8,11,13,16-17,23H,1-2,5-7,9-10H2,(H,25,26)/t13-,16-,17?/m1/s1. The first-order chi connectivity index (χ1) is 12.3. The van der Waals surface area contributed by atoms with E-state index in [4.69, 9.17) is 0 Å². The summed E-state index contributed by atoms with van der Waals surface area (Å²) >= 11 is 0. The molecule has 4 rings (SSSR count). The van der Waals surface area contributed by atoms with E-state index in [2.05, 4.69) is 5.32 Å². The van der Waals surface area contributed by atoms with Crippen molar-refractivity contribution in [2.75, 3.05) is 19.6 Å². The Balaban J connectivity index is 1.65. The van der Waals surface area contributed by atoms with Crippen LogP contribution in [0.1, 0.15) is 41.9 Å². The number of rotatable bonds is 3. The Labute approximate surface area is 150 Å². The molecule has 7 heteroatoms. The van der Waals surface area contributed by atoms with E-state index in [1.54, 1.807) is 6.07 Å². The maximum absolute atomic E-state index is 13.1. The summed E-state index contributed by atoms with van der Waals surface area (Å²) < 4.78 is 39.3. The number of carbonyl (C=O) groups is 1. The van der Waals surface area contributed by atoms with Crippen LogP contribution in [0.5, 0.6) is 0 Å². The van der Waals surface area contributed by atoms with E-state index in [0.717, 1.165) is 49.5 Å². The Bertz CT molecular complexity index is 703. The lowest BCUT2D eigenvalue weighted by Crippen LogP contribution is -2.52. The van der Waals surface area contributed by atoms with Gasteiger partial charge in [-0.15, -0.1) is 0 Å². The summed E-state index contributed by atoms with van der Waals surface area (Å²) in [6.45, 7) is 2.18. The molecule has 2 N–H and O–H groups in total. The molecule has 1 aliphatic carbocycles. The first-order valence-electron chi connectivity index (χ1n) is 9.25. The number of carboxylic acid groups (broad SMARTS) is 1. The fourth-order valence-electron chi connectivity index (χ4n) is 4.68. The number of amides is 1. The maximum Gasteiger partial charge on any atom is 0.416 e. The van der Waals surface area contributed by atoms with Gasteiger partial charge in [0.25, 0.3) is 0 Å². The molecule has 2 saturated heterocycles. The Morgan fingerprint density at radius 3 is 2.65 bits per heavy atom. The number of fused-ring (bicyclic) bond motifs is 1. The van der Waals surface area contributed by atoms with Crippen LogP contribution in [-0.2, 0) is 12.6 Å². The summed E-state index contributed by atoms with van der Waals surface area (Å²) in [6.07, 6.45) is -2.10. The van der Waals surface area contributed by atoms with E-state index < -0.39 is 17.8 Å². The number of nitrogens with one attached hydrogen (secondary N) is 1. The summed E-state index contributed by atoms with van der Waals surface area (Å²) in [5.41, 5.74) is 1.03. The van der Waals surface area contributed by atoms with Crippen LogP contribution in [0, 0.1) is 11.8 Å². The van der Waals surface area contributed by atoms with Gasteiger partial charge < -0.3 is 15.3 Å². The third-order valence-corrected chi connectivity index (χ3v) is 6.19. The average Bonchev–Trinajstić information content (AvgIpc) is 3.31. The van der Waals surface area contributed by atoms with E-state index in [-0.39, 0.29) is 17.9 Å². The molecule has 0 radical (unpaired) electrons. The molecule has 2 heterocycles. The topological polar surface area (TPSA) is 52.6 Å². The monoisotopic (exact) mass is 368 g/mol. The van der Waals surface area contributed by atoms with Gasteiger partial charge in [-0.1, -0.05) is 6.07 Å². The van der Waals surface area contributed by atoms with Crippen molar-refractivity contribution in [3.8, 4) is 0 Å². The number of piperidine rings is 1. The highest BCUT2D eigenvalue weighted by Gasteiger charge is 2.43. The number of halogens is 3. The Hall–Kier alpha value is -1.76. The second-order valence-electron chi connectivity index (χ2n) is 7.80. The smallest absolute Gasteiger partial charge is 0.416 e. The molecule has 1 unspecified atom stereocenters. The summed E-state index contributed by atoms with van der Waals surface area (Å²) in [7, 11) is 0. The molecule has 26 heavy (non-hydrogen) atoms. The van der Waals surface area contributed by atoms with E-state index in [0.29, 0.717) is 18.9 Å². The Morgan fingerprint density at radius 1 is 1.23 bits per heavy atom. The van der Waals surface area contributed by atoms with Crippen molar-refractivity contribution < 1.29 is 23.1 Å². The fourth-order valence-corrected chi connectivity index (χ4v) is 4.68. The van der Waals surface area contributed by atoms with Crippen LogP contribution in [0.3, 0.4) is 0 Å². The number of benzene rings is 1. The highest BCUT2D eigenvalue weighted by molar-refractivity contribution is 5.65. The Morgan fingerprint density at radius 2 is 2.00 bits per heavy atom. The minimum absolute atomic E-state index is 0.171. The van der Waals surface area contributed by atoms with Gasteiger partial charge in [-0.2, -0.15) is 13.2 Å². The van der Waals surface area contributed by atoms with Crippen LogP contribution in [0.4, 0.5) is 18.0 Å². The summed E-state index contributed by atoms with van der Waals surface area (Å²) in [6, 6.07) is 3.82. The molecule has 3 atom stereocenters. The van der Waals surface area contributed by atoms with E-state index in [1.165, 1.54) is 11.0 Å². The van der Waals surface area contributed by atoms with Crippen molar-refractivity contribution in [3.63, 3.8) is 0 Å². The lowest BCUT2D eigenvalue weighted by molar-refractivity contribution is -0.137. The quantitative estimate of drug-likeness (QED) is 0.855. The van der Waals surface area contributed by atoms with Gasteiger partial charge in [0, 0.05) is 19.1 Å². The summed E-state index contributed by atoms with van der Waals surface area (Å²) in [5.74, 6) is 0.871. The van der Waals surface area contributed by atoms with Gasteiger partial charge in [0.15, 0.2) is 0 Å². The van der Waals surface area contributed by atoms with Crippen molar-refractivity contribution in [1.82, 2.24) is 10.2 Å². The third-order valence-electron chi connectivity index (χ3n) is 6.19. The number of nitrogens with zero attached hydrogens (tertiary/aromatic N) is 1. The van der Waals surface area contributed by atoms with Crippen molar-refractivity contribution in [2.45, 2.75) is 43.8 Å². The SMILES string of the molecule is O=C(O)N1CC[C@@H]2CNC[C@H]2C1Cc1ccc(C(F)(F)F)cc1C1CC1. The molecular formula is C19H23F3N2O2. The number of alkyl halides is 3. The van der Waals surface area contributed by atoms with Gasteiger partial charge in [0.2, 0.25) is 0 Å². The van der Waals surface area contributed by atoms with Gasteiger partial charge in [0.05, 0.1) is 5.56 Å². The Kier molecular flexibility index (Phi) is 4.37. The molecular weight excluding hydrogens is 345 g/mol. The van der Waals surface area contributed by atoms with Crippen molar-refractivity contribution in [1.29, 1.82) is 0 Å². The minimum Gasteiger partial charge on any atom is -0.465 e. The van der Waals surface area contributed by atoms with Crippen LogP contribution in [0.2, 0.25) is 0 Å². The molecule has 0 spiro atoms. The normalized spacial score (nSPS) is 28.9. The number of likely N-dealkylation sites (tertiary alicyclic amines) is 1. The lowest BCUT2D eigenvalue weighted by Gasteiger charge is -2.41. The van der Waals surface area contributed by atoms with Crippen molar-refractivity contribution >= 4 is 6.09 Å². The van der Waals surface area contributed by atoms with E-state index >= 15 is 0 Å². The molecule has 1 saturated carbocycles. The molecule has 0 bridgehead atoms. The molecule has 1 aromatic carbocycles. The zero-order chi connectivity index (χ0) is 18.5. The van der Waals surface area contributed by atoms with Gasteiger partial charge in [-0.05, 0) is 73.2 Å². The third kappa shape index (κ3) is 3.29. The lowest BCUT2D eigenvalue weighted by atomic mass is 9.79. The summed E-state index contributed by atoms with van der Waals surface area (Å²) in [5, 5.41) is 13.0. The highest BCUT2D eigenvalue weighted by atomic mass is 19.4. The van der Waals surface area contributed by atoms with Gasteiger partial charge >= 0.3 is 12.3 Å². The van der Waals surface area contributed by atoms with E-state index in [1.807, 2.05) is 0 Å². The van der Waals surface area contributed by atoms with Crippen LogP contribution < -0.4 is 5.32 Å². The molecule has 1 aromatic rings. The van der Waals surface area contributed by atoms with Crippen LogP contribution in [0.25, 0.3) is 0 Å². The van der Waals surface area contributed by atoms with E-state index in [9.17, 15) is 23.1 Å². The van der Waals surface area contributed by atoms with Crippen molar-refractivity contribution in [2.24, 2.45) is 11.8 Å². The zero-order valence-corrected chi connectivity index (χ0v) is 14.4. The number of hydrogen-bond donors (Lipinski definition) is 2. The van der Waals surface area contributed by atoms with Crippen molar-refractivity contribution in [3.05, 3.63) is 34.9 Å². The van der Waals surface area contributed by atoms with Crippen LogP contribution in [-0.4, -0.2) is 41.8 Å². The van der Waals surface area contributed by atoms with Gasteiger partial charge in [0.1, 0.15) is 0 Å². The molecule has 4 nitrogen and oxygen atoms in total. The molecule has 0 aromatic heterocycles. The van der Waals surface area contributed by atoms with Crippen LogP contribution >= 0.6 is 0 Å². The maximum atomic E-state index is 13.1.